The molecule has 2 aromatic carbocycles. The van der Waals surface area contributed by atoms with E-state index in [2.05, 4.69) is 4.98 Å². The summed E-state index contributed by atoms with van der Waals surface area (Å²) in [7, 11) is 0. The van der Waals surface area contributed by atoms with Gasteiger partial charge in [-0.25, -0.2) is 4.98 Å². The fourth-order valence-corrected chi connectivity index (χ4v) is 5.26. The number of allylic oxidation sites excluding steroid dienone is 1. The van der Waals surface area contributed by atoms with E-state index in [1.807, 2.05) is 36.6 Å². The molecule has 3 aromatic rings. The van der Waals surface area contributed by atoms with E-state index in [-0.39, 0.29) is 5.78 Å². The maximum atomic E-state index is 12.9. The van der Waals surface area contributed by atoms with E-state index in [4.69, 9.17) is 38.1 Å². The summed E-state index contributed by atoms with van der Waals surface area (Å²) in [5.41, 5.74) is 1.67. The van der Waals surface area contributed by atoms with Crippen molar-refractivity contribution in [3.05, 3.63) is 79.1 Å². The number of nitrogens with zero attached hydrogens (tertiary/aromatic N) is 1. The number of aromatic nitrogens is 1. The quantitative estimate of drug-likeness (QED) is 0.356. The molecule has 0 bridgehead atoms. The van der Waals surface area contributed by atoms with E-state index in [1.165, 1.54) is 23.1 Å². The van der Waals surface area contributed by atoms with Crippen LogP contribution in [0.5, 0.6) is 11.5 Å². The summed E-state index contributed by atoms with van der Waals surface area (Å²) >= 11 is 14.6. The van der Waals surface area contributed by atoms with Gasteiger partial charge >= 0.3 is 0 Å². The SMILES string of the molecule is CCOc1cc(/C=C2\SC(=N)[C@@H](c3nccs3)C2=O)ccc1OCc1ccc(Cl)c(Cl)c1. The van der Waals surface area contributed by atoms with Crippen LogP contribution in [0.15, 0.2) is 52.9 Å². The zero-order valence-corrected chi connectivity index (χ0v) is 20.1. The van der Waals surface area contributed by atoms with Crippen molar-refractivity contribution in [3.63, 3.8) is 0 Å². The summed E-state index contributed by atoms with van der Waals surface area (Å²) in [6.07, 6.45) is 3.43. The second-order valence-corrected chi connectivity index (χ2v) is 9.64. The Morgan fingerprint density at radius 1 is 1.12 bits per heavy atom. The van der Waals surface area contributed by atoms with E-state index in [0.717, 1.165) is 11.1 Å². The first-order valence-electron chi connectivity index (χ1n) is 9.71. The lowest BCUT2D eigenvalue weighted by Gasteiger charge is -2.13. The van der Waals surface area contributed by atoms with Gasteiger partial charge in [0.15, 0.2) is 17.3 Å². The minimum atomic E-state index is -0.605. The Balaban J connectivity index is 1.54. The summed E-state index contributed by atoms with van der Waals surface area (Å²) in [4.78, 5) is 17.6. The Morgan fingerprint density at radius 2 is 1.97 bits per heavy atom. The fraction of sp³-hybridized carbons (Fsp3) is 0.174. The van der Waals surface area contributed by atoms with Crippen LogP contribution in [0.4, 0.5) is 0 Å². The molecular weight excluding hydrogens is 487 g/mol. The highest BCUT2D eigenvalue weighted by molar-refractivity contribution is 8.19. The van der Waals surface area contributed by atoms with E-state index >= 15 is 0 Å². The molecule has 0 saturated carbocycles. The van der Waals surface area contributed by atoms with Crippen molar-refractivity contribution in [2.75, 3.05) is 6.61 Å². The van der Waals surface area contributed by atoms with E-state index < -0.39 is 5.92 Å². The van der Waals surface area contributed by atoms with Gasteiger partial charge in [-0.1, -0.05) is 47.1 Å². The third-order valence-corrected chi connectivity index (χ3v) is 7.20. The molecule has 1 aliphatic heterocycles. The molecule has 4 rings (SSSR count). The Labute approximate surface area is 203 Å². The molecule has 0 radical (unpaired) electrons. The zero-order valence-electron chi connectivity index (χ0n) is 16.9. The number of carbonyl (C=O) groups excluding carboxylic acids is 1. The van der Waals surface area contributed by atoms with E-state index in [9.17, 15) is 4.79 Å². The Bertz CT molecular complexity index is 1200. The predicted octanol–water partition coefficient (Wildman–Crippen LogP) is 6.85. The maximum Gasteiger partial charge on any atom is 0.186 e. The molecule has 1 aromatic heterocycles. The largest absolute Gasteiger partial charge is 0.490 e. The molecule has 0 aliphatic carbocycles. The first kappa shape index (κ1) is 22.9. The average molecular weight is 505 g/mol. The third kappa shape index (κ3) is 5.02. The Morgan fingerprint density at radius 3 is 2.69 bits per heavy atom. The van der Waals surface area contributed by atoms with Crippen LogP contribution in [0, 0.1) is 5.41 Å². The van der Waals surface area contributed by atoms with Gasteiger partial charge in [0.05, 0.1) is 26.6 Å². The highest BCUT2D eigenvalue weighted by Gasteiger charge is 2.38. The minimum Gasteiger partial charge on any atom is -0.490 e. The van der Waals surface area contributed by atoms with Gasteiger partial charge in [-0.05, 0) is 48.4 Å². The summed E-state index contributed by atoms with van der Waals surface area (Å²) in [6, 6.07) is 10.8. The van der Waals surface area contributed by atoms with Gasteiger partial charge in [0.1, 0.15) is 17.5 Å². The number of ketones is 1. The fourth-order valence-electron chi connectivity index (χ4n) is 3.13. The molecular formula is C23H18Cl2N2O3S2. The number of benzene rings is 2. The van der Waals surface area contributed by atoms with Crippen molar-refractivity contribution < 1.29 is 14.3 Å². The van der Waals surface area contributed by atoms with Crippen LogP contribution < -0.4 is 9.47 Å². The number of Topliss-reactive ketones (excluding diaryl/α,β-unsaturated/α-hetero) is 1. The number of carbonyl (C=O) groups is 1. The number of halogens is 2. The molecule has 1 fully saturated rings. The van der Waals surface area contributed by atoms with Gasteiger partial charge in [0, 0.05) is 11.6 Å². The van der Waals surface area contributed by atoms with Crippen LogP contribution in [0.25, 0.3) is 6.08 Å². The van der Waals surface area contributed by atoms with Gasteiger partial charge in [-0.3, -0.25) is 10.2 Å². The van der Waals surface area contributed by atoms with Crippen molar-refractivity contribution in [3.8, 4) is 11.5 Å². The molecule has 1 aliphatic rings. The third-order valence-electron chi connectivity index (χ3n) is 4.63. The lowest BCUT2D eigenvalue weighted by atomic mass is 10.0. The van der Waals surface area contributed by atoms with Crippen LogP contribution in [0.1, 0.15) is 29.0 Å². The molecule has 0 unspecified atom stereocenters. The van der Waals surface area contributed by atoms with Crippen LogP contribution in [-0.4, -0.2) is 22.4 Å². The summed E-state index contributed by atoms with van der Waals surface area (Å²) in [5.74, 6) is 0.446. The number of nitrogens with one attached hydrogen (secondary N) is 1. The Kier molecular flexibility index (Phi) is 7.20. The summed E-state index contributed by atoms with van der Waals surface area (Å²) in [6.45, 7) is 2.66. The van der Waals surface area contributed by atoms with Crippen LogP contribution in [0.2, 0.25) is 10.0 Å². The molecule has 0 spiro atoms. The van der Waals surface area contributed by atoms with Gasteiger partial charge < -0.3 is 9.47 Å². The molecule has 0 amide bonds. The summed E-state index contributed by atoms with van der Waals surface area (Å²) < 4.78 is 11.7. The van der Waals surface area contributed by atoms with Crippen molar-refractivity contribution in [1.82, 2.24) is 4.98 Å². The summed E-state index contributed by atoms with van der Waals surface area (Å²) in [5, 5.41) is 11.9. The number of thioether (sulfide) groups is 1. The molecule has 1 N–H and O–H groups in total. The number of rotatable bonds is 7. The molecule has 5 nitrogen and oxygen atoms in total. The van der Waals surface area contributed by atoms with Crippen molar-refractivity contribution in [1.29, 1.82) is 5.41 Å². The van der Waals surface area contributed by atoms with Gasteiger partial charge in [-0.2, -0.15) is 0 Å². The highest BCUT2D eigenvalue weighted by Crippen LogP contribution is 2.41. The molecule has 32 heavy (non-hydrogen) atoms. The maximum absolute atomic E-state index is 12.9. The molecule has 1 atom stereocenters. The zero-order chi connectivity index (χ0) is 22.7. The number of hydrogen-bond donors (Lipinski definition) is 1. The van der Waals surface area contributed by atoms with Crippen molar-refractivity contribution in [2.24, 2.45) is 0 Å². The number of ether oxygens (including phenoxy) is 2. The molecule has 9 heteroatoms. The monoisotopic (exact) mass is 504 g/mol. The lowest BCUT2D eigenvalue weighted by molar-refractivity contribution is -0.114. The first-order chi connectivity index (χ1) is 15.5. The number of hydrogen-bond acceptors (Lipinski definition) is 7. The topological polar surface area (TPSA) is 72.3 Å². The normalized spacial score (nSPS) is 17.2. The second-order valence-electron chi connectivity index (χ2n) is 6.82. The highest BCUT2D eigenvalue weighted by atomic mass is 35.5. The molecule has 164 valence electrons. The molecule has 1 saturated heterocycles. The molecule has 2 heterocycles. The second kappa shape index (κ2) is 10.1. The standard InChI is InChI=1S/C23H18Cl2N2O3S2/c1-2-29-18-10-13(4-6-17(18)30-12-14-3-5-15(24)16(25)9-14)11-19-21(28)20(22(26)32-19)23-27-7-8-31-23/h3-11,20,26H,2,12H2,1H3/b19-11-,26-22?/t20-/m0/s1. The number of thiazole rings is 1. The lowest BCUT2D eigenvalue weighted by Crippen LogP contribution is -2.11. The minimum absolute atomic E-state index is 0.104. The average Bonchev–Trinajstić information content (AvgIpc) is 3.38. The van der Waals surface area contributed by atoms with Crippen LogP contribution >= 0.6 is 46.3 Å². The van der Waals surface area contributed by atoms with Gasteiger partial charge in [0.25, 0.3) is 0 Å². The predicted molar refractivity (Wildman–Crippen MR) is 132 cm³/mol. The van der Waals surface area contributed by atoms with Crippen molar-refractivity contribution in [2.45, 2.75) is 19.4 Å². The smallest absolute Gasteiger partial charge is 0.186 e. The van der Waals surface area contributed by atoms with Crippen LogP contribution in [-0.2, 0) is 11.4 Å². The Hall–Kier alpha value is -2.32. The van der Waals surface area contributed by atoms with Gasteiger partial charge in [-0.15, -0.1) is 11.3 Å². The van der Waals surface area contributed by atoms with Gasteiger partial charge in [0.2, 0.25) is 0 Å². The van der Waals surface area contributed by atoms with E-state index in [1.54, 1.807) is 24.4 Å². The van der Waals surface area contributed by atoms with E-state index in [0.29, 0.717) is 49.7 Å². The van der Waals surface area contributed by atoms with Crippen molar-refractivity contribution >= 4 is 63.2 Å². The first-order valence-corrected chi connectivity index (χ1v) is 12.2. The van der Waals surface area contributed by atoms with Crippen LogP contribution in [0.3, 0.4) is 0 Å².